The highest BCUT2D eigenvalue weighted by Gasteiger charge is 2.17. The minimum Gasteiger partial charge on any atom is -0.369 e. The fourth-order valence-electron chi connectivity index (χ4n) is 3.57. The van der Waals surface area contributed by atoms with Crippen molar-refractivity contribution in [2.45, 2.75) is 6.54 Å². The highest BCUT2D eigenvalue weighted by molar-refractivity contribution is 14.0. The van der Waals surface area contributed by atoms with Gasteiger partial charge >= 0.3 is 0 Å². The van der Waals surface area contributed by atoms with Gasteiger partial charge in [-0.15, -0.1) is 24.0 Å². The maximum atomic E-state index is 13.1. The van der Waals surface area contributed by atoms with Crippen molar-refractivity contribution in [2.75, 3.05) is 58.3 Å². The largest absolute Gasteiger partial charge is 0.369 e. The Labute approximate surface area is 190 Å². The molecule has 6 nitrogen and oxygen atoms in total. The second-order valence-corrected chi connectivity index (χ2v) is 7.25. The second-order valence-electron chi connectivity index (χ2n) is 7.25. The lowest BCUT2D eigenvalue weighted by Crippen LogP contribution is -2.49. The Balaban J connectivity index is 0.00000300. The Bertz CT molecular complexity index is 768. The molecule has 0 bridgehead atoms. The number of hydrogen-bond acceptors (Lipinski definition) is 3. The van der Waals surface area contributed by atoms with Crippen LogP contribution in [0.4, 0.5) is 10.1 Å². The molecule has 0 amide bonds. The number of aliphatic imine (C=N–C) groups is 1. The van der Waals surface area contributed by atoms with Crippen LogP contribution in [-0.2, 0) is 13.6 Å². The molecule has 1 fully saturated rings. The van der Waals surface area contributed by atoms with Crippen molar-refractivity contribution in [1.82, 2.24) is 19.7 Å². The molecule has 3 rings (SSSR count). The Hall–Kier alpha value is -1.81. The second kappa shape index (κ2) is 11.4. The number of aryl methyl sites for hydroxylation is 1. The molecule has 1 aromatic heterocycles. The lowest BCUT2D eigenvalue weighted by molar-refractivity contribution is 0.260. The molecule has 8 heteroatoms. The van der Waals surface area contributed by atoms with Crippen molar-refractivity contribution in [1.29, 1.82) is 0 Å². The summed E-state index contributed by atoms with van der Waals surface area (Å²) in [4.78, 5) is 11.3. The average molecular weight is 514 g/mol. The molecule has 160 valence electrons. The van der Waals surface area contributed by atoms with Gasteiger partial charge in [-0.25, -0.2) is 4.39 Å². The van der Waals surface area contributed by atoms with Gasteiger partial charge in [0.1, 0.15) is 5.82 Å². The number of halogens is 2. The standard InChI is InChI=1S/C21H31FN6.HI/c1-23-21(26(3)17-20-5-4-11-25(20)2)24-10-12-27-13-15-28(16-14-27)19-8-6-18(22)7-9-19;/h4-9,11H,10,12-17H2,1-3H3,(H,23,24);1H. The summed E-state index contributed by atoms with van der Waals surface area (Å²) < 4.78 is 15.2. The zero-order valence-electron chi connectivity index (χ0n) is 17.5. The van der Waals surface area contributed by atoms with Gasteiger partial charge in [-0.1, -0.05) is 0 Å². The predicted octanol–water partition coefficient (Wildman–Crippen LogP) is 2.61. The van der Waals surface area contributed by atoms with Crippen molar-refractivity contribution in [3.63, 3.8) is 0 Å². The summed E-state index contributed by atoms with van der Waals surface area (Å²) in [5.74, 6) is 0.727. The molecule has 2 heterocycles. The van der Waals surface area contributed by atoms with E-state index in [2.05, 4.69) is 62.0 Å². The fraction of sp³-hybridized carbons (Fsp3) is 0.476. The number of benzene rings is 1. The van der Waals surface area contributed by atoms with Crippen molar-refractivity contribution >= 4 is 35.6 Å². The van der Waals surface area contributed by atoms with Gasteiger partial charge in [0.25, 0.3) is 0 Å². The summed E-state index contributed by atoms with van der Waals surface area (Å²) in [6, 6.07) is 11.0. The van der Waals surface area contributed by atoms with E-state index < -0.39 is 0 Å². The van der Waals surface area contributed by atoms with Crippen LogP contribution in [-0.4, -0.2) is 73.7 Å². The van der Waals surface area contributed by atoms with Gasteiger partial charge < -0.3 is 19.7 Å². The molecule has 0 radical (unpaired) electrons. The van der Waals surface area contributed by atoms with Crippen LogP contribution in [0.3, 0.4) is 0 Å². The molecule has 2 aromatic rings. The zero-order valence-corrected chi connectivity index (χ0v) is 19.8. The molecule has 0 saturated carbocycles. The summed E-state index contributed by atoms with van der Waals surface area (Å²) in [5.41, 5.74) is 2.35. The molecule has 29 heavy (non-hydrogen) atoms. The van der Waals surface area contributed by atoms with Crippen molar-refractivity contribution in [3.8, 4) is 0 Å². The summed E-state index contributed by atoms with van der Waals surface area (Å²) in [6.07, 6.45) is 2.06. The van der Waals surface area contributed by atoms with Gasteiger partial charge in [-0.05, 0) is 36.4 Å². The molecule has 1 saturated heterocycles. The Morgan fingerprint density at radius 1 is 1.14 bits per heavy atom. The molecular weight excluding hydrogens is 482 g/mol. The van der Waals surface area contributed by atoms with Crippen LogP contribution in [0.15, 0.2) is 47.6 Å². The van der Waals surface area contributed by atoms with E-state index in [1.165, 1.54) is 17.8 Å². The van der Waals surface area contributed by atoms with Gasteiger partial charge in [-0.2, -0.15) is 0 Å². The van der Waals surface area contributed by atoms with Gasteiger partial charge in [0.2, 0.25) is 0 Å². The molecule has 1 N–H and O–H groups in total. The van der Waals surface area contributed by atoms with Crippen LogP contribution in [0.5, 0.6) is 0 Å². The van der Waals surface area contributed by atoms with Crippen LogP contribution in [0.25, 0.3) is 0 Å². The first-order valence-electron chi connectivity index (χ1n) is 9.81. The number of piperazine rings is 1. The molecule has 0 aliphatic carbocycles. The quantitative estimate of drug-likeness (QED) is 0.366. The highest BCUT2D eigenvalue weighted by atomic mass is 127. The molecule has 0 spiro atoms. The van der Waals surface area contributed by atoms with Gasteiger partial charge in [-0.3, -0.25) is 9.89 Å². The maximum Gasteiger partial charge on any atom is 0.193 e. The SMILES string of the molecule is CN=C(NCCN1CCN(c2ccc(F)cc2)CC1)N(C)Cc1cccn1C.I. The number of nitrogens with zero attached hydrogens (tertiary/aromatic N) is 5. The lowest BCUT2D eigenvalue weighted by atomic mass is 10.2. The fourth-order valence-corrected chi connectivity index (χ4v) is 3.57. The van der Waals surface area contributed by atoms with E-state index in [-0.39, 0.29) is 29.8 Å². The average Bonchev–Trinajstić information content (AvgIpc) is 3.11. The first-order valence-corrected chi connectivity index (χ1v) is 9.81. The first-order chi connectivity index (χ1) is 13.6. The minimum atomic E-state index is -0.182. The predicted molar refractivity (Wildman–Crippen MR) is 129 cm³/mol. The monoisotopic (exact) mass is 514 g/mol. The van der Waals surface area contributed by atoms with Gasteiger partial charge in [0.15, 0.2) is 5.96 Å². The first kappa shape index (κ1) is 23.5. The van der Waals surface area contributed by atoms with Crippen molar-refractivity contribution in [3.05, 3.63) is 54.1 Å². The Morgan fingerprint density at radius 2 is 1.83 bits per heavy atom. The van der Waals surface area contributed by atoms with E-state index in [4.69, 9.17) is 0 Å². The van der Waals surface area contributed by atoms with E-state index in [1.54, 1.807) is 0 Å². The summed E-state index contributed by atoms with van der Waals surface area (Å²) in [7, 11) is 5.94. The molecule has 0 atom stereocenters. The molecule has 1 aliphatic heterocycles. The number of aromatic nitrogens is 1. The van der Waals surface area contributed by atoms with Crippen LogP contribution in [0, 0.1) is 5.82 Å². The molecule has 1 aromatic carbocycles. The molecular formula is C21H32FIN6. The van der Waals surface area contributed by atoms with Crippen LogP contribution in [0.1, 0.15) is 5.69 Å². The highest BCUT2D eigenvalue weighted by Crippen LogP contribution is 2.16. The normalized spacial score (nSPS) is 15.2. The Morgan fingerprint density at radius 3 is 2.41 bits per heavy atom. The van der Waals surface area contributed by atoms with Crippen molar-refractivity contribution in [2.24, 2.45) is 12.0 Å². The third-order valence-corrected chi connectivity index (χ3v) is 5.30. The number of anilines is 1. The van der Waals surface area contributed by atoms with E-state index in [1.807, 2.05) is 19.2 Å². The lowest BCUT2D eigenvalue weighted by Gasteiger charge is -2.36. The van der Waals surface area contributed by atoms with E-state index in [9.17, 15) is 4.39 Å². The van der Waals surface area contributed by atoms with E-state index in [0.717, 1.165) is 57.5 Å². The topological polar surface area (TPSA) is 39.0 Å². The number of guanidine groups is 1. The van der Waals surface area contributed by atoms with Crippen LogP contribution >= 0.6 is 24.0 Å². The third-order valence-electron chi connectivity index (χ3n) is 5.30. The van der Waals surface area contributed by atoms with Gasteiger partial charge in [0, 0.05) is 78.0 Å². The van der Waals surface area contributed by atoms with Crippen LogP contribution in [0.2, 0.25) is 0 Å². The number of nitrogens with one attached hydrogen (secondary N) is 1. The van der Waals surface area contributed by atoms with Gasteiger partial charge in [0.05, 0.1) is 6.54 Å². The van der Waals surface area contributed by atoms with Crippen molar-refractivity contribution < 1.29 is 4.39 Å². The Kier molecular flexibility index (Phi) is 9.22. The summed E-state index contributed by atoms with van der Waals surface area (Å²) in [6.45, 7) is 6.61. The van der Waals surface area contributed by atoms with E-state index >= 15 is 0 Å². The molecule has 1 aliphatic rings. The molecule has 0 unspecified atom stereocenters. The summed E-state index contributed by atoms with van der Waals surface area (Å²) in [5, 5.41) is 3.47. The maximum absolute atomic E-state index is 13.1. The number of rotatable bonds is 6. The zero-order chi connectivity index (χ0) is 19.9. The third kappa shape index (κ3) is 6.60. The smallest absolute Gasteiger partial charge is 0.193 e. The summed E-state index contributed by atoms with van der Waals surface area (Å²) >= 11 is 0. The van der Waals surface area contributed by atoms with E-state index in [0.29, 0.717) is 0 Å². The number of hydrogen-bond donors (Lipinski definition) is 1. The van der Waals surface area contributed by atoms with Crippen LogP contribution < -0.4 is 10.2 Å². The minimum absolute atomic E-state index is 0.